The fourth-order valence-electron chi connectivity index (χ4n) is 2.18. The Labute approximate surface area is 121 Å². The summed E-state index contributed by atoms with van der Waals surface area (Å²) in [5.41, 5.74) is 0.941. The minimum atomic E-state index is -0.266. The SMILES string of the molecule is Cl.OC[C@H](c1ccc(F)cc1Br)N1CCNCC1. The van der Waals surface area contributed by atoms with Crippen molar-refractivity contribution in [3.05, 3.63) is 34.1 Å². The van der Waals surface area contributed by atoms with Gasteiger partial charge in [0.15, 0.2) is 0 Å². The van der Waals surface area contributed by atoms with Crippen molar-refractivity contribution in [2.75, 3.05) is 32.8 Å². The molecule has 0 aliphatic carbocycles. The number of benzene rings is 1. The molecule has 2 rings (SSSR count). The summed E-state index contributed by atoms with van der Waals surface area (Å²) in [7, 11) is 0. The van der Waals surface area contributed by atoms with E-state index in [4.69, 9.17) is 0 Å². The van der Waals surface area contributed by atoms with E-state index >= 15 is 0 Å². The van der Waals surface area contributed by atoms with Gasteiger partial charge in [0, 0.05) is 30.7 Å². The van der Waals surface area contributed by atoms with Gasteiger partial charge in [-0.2, -0.15) is 0 Å². The minimum Gasteiger partial charge on any atom is -0.394 e. The Kier molecular flexibility index (Phi) is 6.52. The Hall–Kier alpha value is -0.200. The number of nitrogens with zero attached hydrogens (tertiary/aromatic N) is 1. The molecule has 0 radical (unpaired) electrons. The number of halogens is 3. The predicted octanol–water partition coefficient (Wildman–Crippen LogP) is 1.95. The molecule has 1 saturated heterocycles. The van der Waals surface area contributed by atoms with Gasteiger partial charge in [-0.05, 0) is 17.7 Å². The highest BCUT2D eigenvalue weighted by Gasteiger charge is 2.23. The highest BCUT2D eigenvalue weighted by Crippen LogP contribution is 2.28. The largest absolute Gasteiger partial charge is 0.394 e. The summed E-state index contributed by atoms with van der Waals surface area (Å²) in [6.45, 7) is 3.69. The number of hydrogen-bond acceptors (Lipinski definition) is 3. The third kappa shape index (κ3) is 3.65. The first-order valence-electron chi connectivity index (χ1n) is 5.73. The van der Waals surface area contributed by atoms with E-state index in [1.807, 2.05) is 0 Å². The Morgan fingerprint density at radius 2 is 2.06 bits per heavy atom. The first-order chi connectivity index (χ1) is 8.22. The fraction of sp³-hybridized carbons (Fsp3) is 0.500. The van der Waals surface area contributed by atoms with Gasteiger partial charge in [-0.1, -0.05) is 22.0 Å². The van der Waals surface area contributed by atoms with E-state index in [9.17, 15) is 9.50 Å². The molecule has 3 nitrogen and oxygen atoms in total. The van der Waals surface area contributed by atoms with Crippen LogP contribution in [-0.4, -0.2) is 42.8 Å². The summed E-state index contributed by atoms with van der Waals surface area (Å²) in [4.78, 5) is 2.22. The smallest absolute Gasteiger partial charge is 0.124 e. The number of aliphatic hydroxyl groups is 1. The molecule has 0 bridgehead atoms. The summed E-state index contributed by atoms with van der Waals surface area (Å²) in [6.07, 6.45) is 0. The van der Waals surface area contributed by atoms with Crippen LogP contribution in [-0.2, 0) is 0 Å². The summed E-state index contributed by atoms with van der Waals surface area (Å²) in [5, 5.41) is 12.8. The molecule has 102 valence electrons. The topological polar surface area (TPSA) is 35.5 Å². The third-order valence-corrected chi connectivity index (χ3v) is 3.77. The van der Waals surface area contributed by atoms with E-state index in [0.717, 1.165) is 36.2 Å². The zero-order chi connectivity index (χ0) is 12.3. The van der Waals surface area contributed by atoms with E-state index in [-0.39, 0.29) is 30.9 Å². The summed E-state index contributed by atoms with van der Waals surface area (Å²) >= 11 is 3.36. The Balaban J connectivity index is 0.00000162. The van der Waals surface area contributed by atoms with E-state index in [1.165, 1.54) is 12.1 Å². The van der Waals surface area contributed by atoms with Gasteiger partial charge < -0.3 is 10.4 Å². The lowest BCUT2D eigenvalue weighted by atomic mass is 10.1. The number of aliphatic hydroxyl groups excluding tert-OH is 1. The van der Waals surface area contributed by atoms with Gasteiger partial charge in [-0.3, -0.25) is 4.90 Å². The van der Waals surface area contributed by atoms with Crippen LogP contribution in [0.4, 0.5) is 4.39 Å². The van der Waals surface area contributed by atoms with Crippen molar-refractivity contribution >= 4 is 28.3 Å². The van der Waals surface area contributed by atoms with Gasteiger partial charge in [-0.15, -0.1) is 12.4 Å². The minimum absolute atomic E-state index is 0. The van der Waals surface area contributed by atoms with Crippen LogP contribution < -0.4 is 5.32 Å². The molecule has 0 spiro atoms. The van der Waals surface area contributed by atoms with E-state index in [1.54, 1.807) is 6.07 Å². The lowest BCUT2D eigenvalue weighted by Crippen LogP contribution is -2.46. The van der Waals surface area contributed by atoms with Crippen molar-refractivity contribution < 1.29 is 9.50 Å². The van der Waals surface area contributed by atoms with E-state index < -0.39 is 0 Å². The molecule has 1 atom stereocenters. The van der Waals surface area contributed by atoms with Crippen LogP contribution in [0.3, 0.4) is 0 Å². The maximum atomic E-state index is 13.0. The van der Waals surface area contributed by atoms with Crippen LogP contribution in [0.1, 0.15) is 11.6 Å². The van der Waals surface area contributed by atoms with Crippen LogP contribution in [0.15, 0.2) is 22.7 Å². The third-order valence-electron chi connectivity index (χ3n) is 3.09. The normalized spacial score (nSPS) is 18.2. The van der Waals surface area contributed by atoms with Gasteiger partial charge in [0.1, 0.15) is 5.82 Å². The lowest BCUT2D eigenvalue weighted by Gasteiger charge is -2.34. The molecule has 1 aliphatic heterocycles. The molecular formula is C12H17BrClFN2O. The Morgan fingerprint density at radius 3 is 2.61 bits per heavy atom. The first-order valence-corrected chi connectivity index (χ1v) is 6.52. The van der Waals surface area contributed by atoms with Crippen molar-refractivity contribution in [1.29, 1.82) is 0 Å². The molecule has 6 heteroatoms. The fourth-order valence-corrected chi connectivity index (χ4v) is 2.79. The molecular weight excluding hydrogens is 323 g/mol. The summed E-state index contributed by atoms with van der Waals surface area (Å²) in [5.74, 6) is -0.266. The lowest BCUT2D eigenvalue weighted by molar-refractivity contribution is 0.110. The molecule has 1 heterocycles. The average molecular weight is 340 g/mol. The molecule has 1 aromatic rings. The standard InChI is InChI=1S/C12H16BrFN2O.ClH/c13-11-7-9(14)1-2-10(11)12(8-17)16-5-3-15-4-6-16;/h1-2,7,12,15,17H,3-6,8H2;1H/t12-;/m1./s1. The van der Waals surface area contributed by atoms with Gasteiger partial charge >= 0.3 is 0 Å². The van der Waals surface area contributed by atoms with Crippen LogP contribution in [0.5, 0.6) is 0 Å². The monoisotopic (exact) mass is 338 g/mol. The zero-order valence-corrected chi connectivity index (χ0v) is 12.3. The molecule has 1 fully saturated rings. The summed E-state index contributed by atoms with van der Waals surface area (Å²) < 4.78 is 13.8. The molecule has 1 aromatic carbocycles. The Bertz CT molecular complexity index is 388. The van der Waals surface area contributed by atoms with Gasteiger partial charge in [0.2, 0.25) is 0 Å². The summed E-state index contributed by atoms with van der Waals surface area (Å²) in [6, 6.07) is 4.56. The number of rotatable bonds is 3. The highest BCUT2D eigenvalue weighted by molar-refractivity contribution is 9.10. The van der Waals surface area contributed by atoms with Crippen molar-refractivity contribution in [1.82, 2.24) is 10.2 Å². The average Bonchev–Trinajstić information content (AvgIpc) is 2.34. The molecule has 1 aliphatic rings. The van der Waals surface area contributed by atoms with Crippen molar-refractivity contribution in [3.8, 4) is 0 Å². The van der Waals surface area contributed by atoms with Gasteiger partial charge in [-0.25, -0.2) is 4.39 Å². The van der Waals surface area contributed by atoms with Crippen LogP contribution >= 0.6 is 28.3 Å². The number of piperazine rings is 1. The molecule has 2 N–H and O–H groups in total. The zero-order valence-electron chi connectivity index (χ0n) is 9.90. The Morgan fingerprint density at radius 1 is 1.39 bits per heavy atom. The number of nitrogens with one attached hydrogen (secondary N) is 1. The second-order valence-corrected chi connectivity index (χ2v) is 5.00. The quantitative estimate of drug-likeness (QED) is 0.883. The van der Waals surface area contributed by atoms with Gasteiger partial charge in [0.05, 0.1) is 12.6 Å². The molecule has 0 unspecified atom stereocenters. The van der Waals surface area contributed by atoms with Crippen LogP contribution in [0, 0.1) is 5.82 Å². The van der Waals surface area contributed by atoms with Crippen LogP contribution in [0.25, 0.3) is 0 Å². The number of hydrogen-bond donors (Lipinski definition) is 2. The van der Waals surface area contributed by atoms with Crippen molar-refractivity contribution in [3.63, 3.8) is 0 Å². The molecule has 18 heavy (non-hydrogen) atoms. The van der Waals surface area contributed by atoms with Crippen molar-refractivity contribution in [2.24, 2.45) is 0 Å². The first kappa shape index (κ1) is 15.9. The maximum Gasteiger partial charge on any atom is 0.124 e. The second-order valence-electron chi connectivity index (χ2n) is 4.15. The van der Waals surface area contributed by atoms with E-state index in [2.05, 4.69) is 26.1 Å². The molecule has 0 saturated carbocycles. The predicted molar refractivity (Wildman–Crippen MR) is 75.6 cm³/mol. The van der Waals surface area contributed by atoms with Crippen molar-refractivity contribution in [2.45, 2.75) is 6.04 Å². The van der Waals surface area contributed by atoms with Gasteiger partial charge in [0.25, 0.3) is 0 Å². The highest BCUT2D eigenvalue weighted by atomic mass is 79.9. The molecule has 0 amide bonds. The second kappa shape index (κ2) is 7.40. The van der Waals surface area contributed by atoms with E-state index in [0.29, 0.717) is 0 Å². The van der Waals surface area contributed by atoms with Crippen LogP contribution in [0.2, 0.25) is 0 Å². The maximum absolute atomic E-state index is 13.0. The molecule has 0 aromatic heterocycles.